The average molecular weight is 343 g/mol. The van der Waals surface area contributed by atoms with Crippen molar-refractivity contribution in [2.45, 2.75) is 18.6 Å². The second-order valence-electron chi connectivity index (χ2n) is 6.32. The maximum atomic E-state index is 10.1. The van der Waals surface area contributed by atoms with Crippen molar-refractivity contribution in [2.24, 2.45) is 0 Å². The second-order valence-corrected chi connectivity index (χ2v) is 6.32. The van der Waals surface area contributed by atoms with Crippen molar-refractivity contribution < 1.29 is 14.9 Å². The van der Waals surface area contributed by atoms with Gasteiger partial charge in [-0.25, -0.2) is 15.0 Å². The molecule has 2 fully saturated rings. The Hall–Kier alpha value is -2.29. The molecule has 0 spiro atoms. The summed E-state index contributed by atoms with van der Waals surface area (Å²) >= 11 is 0. The monoisotopic (exact) mass is 343 g/mol. The number of aliphatic hydroxyl groups excluding tert-OH is 1. The Kier molecular flexibility index (Phi) is 4.48. The molecule has 8 heteroatoms. The van der Waals surface area contributed by atoms with Gasteiger partial charge in [-0.1, -0.05) is 0 Å². The van der Waals surface area contributed by atoms with E-state index in [9.17, 15) is 10.2 Å². The SMILES string of the molecule is Oc1ncccc1-c1nc(C2COCCN2)cc(N2CCC(O)C2)n1. The third-order valence-corrected chi connectivity index (χ3v) is 4.53. The van der Waals surface area contributed by atoms with Crippen molar-refractivity contribution in [2.75, 3.05) is 37.7 Å². The number of nitrogens with one attached hydrogen (secondary N) is 1. The van der Waals surface area contributed by atoms with E-state index < -0.39 is 0 Å². The van der Waals surface area contributed by atoms with Gasteiger partial charge in [0.1, 0.15) is 5.82 Å². The zero-order valence-corrected chi connectivity index (χ0v) is 13.8. The van der Waals surface area contributed by atoms with Crippen molar-refractivity contribution in [1.82, 2.24) is 20.3 Å². The largest absolute Gasteiger partial charge is 0.493 e. The molecule has 0 bridgehead atoms. The Morgan fingerprint density at radius 3 is 2.96 bits per heavy atom. The van der Waals surface area contributed by atoms with Gasteiger partial charge in [-0.3, -0.25) is 0 Å². The first-order valence-electron chi connectivity index (χ1n) is 8.48. The highest BCUT2D eigenvalue weighted by Gasteiger charge is 2.25. The van der Waals surface area contributed by atoms with E-state index in [1.54, 1.807) is 12.1 Å². The number of aromatic nitrogens is 3. The first-order valence-corrected chi connectivity index (χ1v) is 8.48. The Labute approximate surface area is 145 Å². The predicted octanol–water partition coefficient (Wildman–Crippen LogP) is 0.476. The van der Waals surface area contributed by atoms with E-state index >= 15 is 0 Å². The van der Waals surface area contributed by atoms with E-state index in [-0.39, 0.29) is 18.0 Å². The van der Waals surface area contributed by atoms with Crippen LogP contribution in [-0.2, 0) is 4.74 Å². The molecule has 8 nitrogen and oxygen atoms in total. The molecule has 4 heterocycles. The Morgan fingerprint density at radius 1 is 1.32 bits per heavy atom. The van der Waals surface area contributed by atoms with Crippen molar-refractivity contribution in [1.29, 1.82) is 0 Å². The normalized spacial score (nSPS) is 23.8. The summed E-state index contributed by atoms with van der Waals surface area (Å²) in [6, 6.07) is 5.39. The highest BCUT2D eigenvalue weighted by Crippen LogP contribution is 2.29. The molecular formula is C17H21N5O3. The van der Waals surface area contributed by atoms with Gasteiger partial charge in [0.25, 0.3) is 0 Å². The third kappa shape index (κ3) is 3.41. The minimum Gasteiger partial charge on any atom is -0.493 e. The summed E-state index contributed by atoms with van der Waals surface area (Å²) in [6.07, 6.45) is 1.90. The van der Waals surface area contributed by atoms with E-state index in [1.165, 1.54) is 6.20 Å². The van der Waals surface area contributed by atoms with Crippen molar-refractivity contribution in [3.8, 4) is 17.3 Å². The van der Waals surface area contributed by atoms with Crippen LogP contribution in [0.5, 0.6) is 5.88 Å². The molecule has 2 aromatic rings. The molecule has 2 saturated heterocycles. The van der Waals surface area contributed by atoms with Gasteiger partial charge in [-0.2, -0.15) is 0 Å². The molecule has 0 radical (unpaired) electrons. The van der Waals surface area contributed by atoms with Gasteiger partial charge in [0.2, 0.25) is 5.88 Å². The van der Waals surface area contributed by atoms with E-state index in [2.05, 4.69) is 20.3 Å². The maximum Gasteiger partial charge on any atom is 0.222 e. The molecule has 2 atom stereocenters. The molecule has 132 valence electrons. The molecule has 0 amide bonds. The van der Waals surface area contributed by atoms with Crippen LogP contribution in [0.15, 0.2) is 24.4 Å². The minimum absolute atomic E-state index is 0.0272. The lowest BCUT2D eigenvalue weighted by atomic mass is 10.1. The molecule has 4 rings (SSSR count). The summed E-state index contributed by atoms with van der Waals surface area (Å²) in [5.41, 5.74) is 1.30. The summed E-state index contributed by atoms with van der Waals surface area (Å²) in [7, 11) is 0. The molecule has 2 aromatic heterocycles. The summed E-state index contributed by atoms with van der Waals surface area (Å²) in [5.74, 6) is 1.07. The van der Waals surface area contributed by atoms with Crippen LogP contribution >= 0.6 is 0 Å². The highest BCUT2D eigenvalue weighted by atomic mass is 16.5. The van der Waals surface area contributed by atoms with E-state index in [4.69, 9.17) is 4.74 Å². The first-order chi connectivity index (χ1) is 12.2. The van der Waals surface area contributed by atoms with Gasteiger partial charge in [-0.05, 0) is 18.6 Å². The van der Waals surface area contributed by atoms with Gasteiger partial charge in [0, 0.05) is 31.9 Å². The lowest BCUT2D eigenvalue weighted by Crippen LogP contribution is -2.35. The number of β-amino-alcohol motifs (C(OH)–C–C–N with tert-alkyl or cyclic N) is 1. The maximum absolute atomic E-state index is 10.1. The molecule has 0 aliphatic carbocycles. The number of anilines is 1. The predicted molar refractivity (Wildman–Crippen MR) is 91.3 cm³/mol. The van der Waals surface area contributed by atoms with Crippen LogP contribution in [0.1, 0.15) is 18.2 Å². The van der Waals surface area contributed by atoms with Gasteiger partial charge in [-0.15, -0.1) is 0 Å². The number of aliphatic hydroxyl groups is 1. The molecule has 2 unspecified atom stereocenters. The van der Waals surface area contributed by atoms with Crippen LogP contribution in [0.4, 0.5) is 5.82 Å². The molecule has 0 saturated carbocycles. The van der Waals surface area contributed by atoms with Crippen LogP contribution in [0.3, 0.4) is 0 Å². The van der Waals surface area contributed by atoms with Gasteiger partial charge < -0.3 is 25.2 Å². The quantitative estimate of drug-likeness (QED) is 0.739. The number of ether oxygens (including phenoxy) is 1. The molecular weight excluding hydrogens is 322 g/mol. The summed E-state index contributed by atoms with van der Waals surface area (Å²) in [6.45, 7) is 3.27. The average Bonchev–Trinajstić information content (AvgIpc) is 3.09. The summed E-state index contributed by atoms with van der Waals surface area (Å²) in [5, 5.41) is 23.3. The summed E-state index contributed by atoms with van der Waals surface area (Å²) in [4.78, 5) is 15.2. The van der Waals surface area contributed by atoms with Crippen molar-refractivity contribution in [3.63, 3.8) is 0 Å². The Bertz CT molecular complexity index is 728. The Balaban J connectivity index is 1.76. The minimum atomic E-state index is -0.343. The fourth-order valence-electron chi connectivity index (χ4n) is 3.19. The molecule has 25 heavy (non-hydrogen) atoms. The van der Waals surface area contributed by atoms with E-state index in [0.717, 1.165) is 31.0 Å². The topological polar surface area (TPSA) is 104 Å². The van der Waals surface area contributed by atoms with Crippen LogP contribution in [0.2, 0.25) is 0 Å². The van der Waals surface area contributed by atoms with Crippen LogP contribution < -0.4 is 10.2 Å². The number of morpholine rings is 1. The van der Waals surface area contributed by atoms with E-state index in [1.807, 2.05) is 11.0 Å². The lowest BCUT2D eigenvalue weighted by molar-refractivity contribution is 0.0756. The zero-order valence-electron chi connectivity index (χ0n) is 13.8. The number of pyridine rings is 1. The number of rotatable bonds is 3. The number of hydrogen-bond donors (Lipinski definition) is 3. The smallest absolute Gasteiger partial charge is 0.222 e. The van der Waals surface area contributed by atoms with Gasteiger partial charge in [0.05, 0.1) is 36.6 Å². The van der Waals surface area contributed by atoms with Crippen LogP contribution in [0.25, 0.3) is 11.4 Å². The van der Waals surface area contributed by atoms with Crippen molar-refractivity contribution >= 4 is 5.82 Å². The molecule has 0 aromatic carbocycles. The van der Waals surface area contributed by atoms with Crippen LogP contribution in [-0.4, -0.2) is 64.1 Å². The molecule has 3 N–H and O–H groups in total. The lowest BCUT2D eigenvalue weighted by Gasteiger charge is -2.25. The number of hydrogen-bond acceptors (Lipinski definition) is 8. The zero-order chi connectivity index (χ0) is 17.2. The Morgan fingerprint density at radius 2 is 2.24 bits per heavy atom. The number of aromatic hydroxyl groups is 1. The van der Waals surface area contributed by atoms with Crippen molar-refractivity contribution in [3.05, 3.63) is 30.1 Å². The van der Waals surface area contributed by atoms with Gasteiger partial charge in [0.15, 0.2) is 5.82 Å². The fourth-order valence-corrected chi connectivity index (χ4v) is 3.19. The first kappa shape index (κ1) is 16.2. The summed E-state index contributed by atoms with van der Waals surface area (Å²) < 4.78 is 5.55. The fraction of sp³-hybridized carbons (Fsp3) is 0.471. The van der Waals surface area contributed by atoms with E-state index in [0.29, 0.717) is 31.1 Å². The molecule has 2 aliphatic rings. The standard InChI is InChI=1S/C17H21N5O3/c23-11-3-6-22(9-11)15-8-13(14-10-25-7-5-18-14)20-16(21-15)12-2-1-4-19-17(12)24/h1-2,4,8,11,14,18,23H,3,5-7,9-10H2,(H,19,24). The second kappa shape index (κ2) is 6.91. The number of nitrogens with zero attached hydrogens (tertiary/aromatic N) is 4. The van der Waals surface area contributed by atoms with Crippen LogP contribution in [0, 0.1) is 0 Å². The highest BCUT2D eigenvalue weighted by molar-refractivity contribution is 5.63. The molecule has 2 aliphatic heterocycles. The third-order valence-electron chi connectivity index (χ3n) is 4.53. The van der Waals surface area contributed by atoms with Gasteiger partial charge >= 0.3 is 0 Å².